The number of nitrogens with zero attached hydrogens (tertiary/aromatic N) is 2. The molecule has 0 amide bonds. The molecule has 2 aliphatic rings. The van der Waals surface area contributed by atoms with E-state index in [0.29, 0.717) is 12.1 Å². The first-order chi connectivity index (χ1) is 7.86. The van der Waals surface area contributed by atoms with Crippen LogP contribution < -0.4 is 0 Å². The molecule has 2 saturated carbocycles. The van der Waals surface area contributed by atoms with Crippen molar-refractivity contribution in [2.75, 3.05) is 0 Å². The summed E-state index contributed by atoms with van der Waals surface area (Å²) in [6.45, 7) is 0. The molecule has 0 heterocycles. The van der Waals surface area contributed by atoms with Crippen LogP contribution in [0.5, 0.6) is 0 Å². The molecule has 1 N–H and O–H groups in total. The van der Waals surface area contributed by atoms with Crippen LogP contribution in [0.25, 0.3) is 0 Å². The number of hydroxylamine groups is 2. The molecular weight excluding hydrogens is 200 g/mol. The molecule has 92 valence electrons. The number of hydrogen-bond donors (Lipinski definition) is 1. The average Bonchev–Trinajstić information content (AvgIpc) is 2.38. The molecular formula is C13H24N2O. The Morgan fingerprint density at radius 3 is 2.06 bits per heavy atom. The van der Waals surface area contributed by atoms with Crippen molar-refractivity contribution in [3.05, 3.63) is 0 Å². The summed E-state index contributed by atoms with van der Waals surface area (Å²) in [5.74, 6) is 0. The van der Waals surface area contributed by atoms with Crippen LogP contribution in [-0.2, 0) is 0 Å². The van der Waals surface area contributed by atoms with E-state index >= 15 is 0 Å². The number of hydrogen-bond acceptors (Lipinski definition) is 2. The fraction of sp³-hybridized carbons (Fsp3) is 0.923. The first-order valence-electron chi connectivity index (χ1n) is 6.87. The van der Waals surface area contributed by atoms with Crippen LogP contribution >= 0.6 is 0 Å². The Balaban J connectivity index is 1.75. The van der Waals surface area contributed by atoms with E-state index in [9.17, 15) is 5.21 Å². The van der Waals surface area contributed by atoms with Gasteiger partial charge in [-0.15, -0.1) is 0 Å². The van der Waals surface area contributed by atoms with Gasteiger partial charge in [-0.25, -0.2) is 5.06 Å². The Morgan fingerprint density at radius 2 is 1.44 bits per heavy atom. The third kappa shape index (κ3) is 3.48. The predicted molar refractivity (Wildman–Crippen MR) is 65.9 cm³/mol. The molecule has 0 saturated heterocycles. The lowest BCUT2D eigenvalue weighted by molar-refractivity contribution is -0.0588. The minimum Gasteiger partial charge on any atom is -0.287 e. The van der Waals surface area contributed by atoms with E-state index in [0.717, 1.165) is 12.8 Å². The van der Waals surface area contributed by atoms with Crippen molar-refractivity contribution in [3.63, 3.8) is 0 Å². The van der Waals surface area contributed by atoms with Gasteiger partial charge in [0.05, 0.1) is 12.1 Å². The SMILES string of the molecule is ON(C=NC1CCCCC1)C1CCCCC1. The molecule has 0 bridgehead atoms. The lowest BCUT2D eigenvalue weighted by atomic mass is 9.95. The van der Waals surface area contributed by atoms with Crippen molar-refractivity contribution in [1.82, 2.24) is 5.06 Å². The van der Waals surface area contributed by atoms with E-state index < -0.39 is 0 Å². The third-order valence-electron chi connectivity index (χ3n) is 3.92. The van der Waals surface area contributed by atoms with Gasteiger partial charge in [0, 0.05) is 0 Å². The van der Waals surface area contributed by atoms with Crippen molar-refractivity contribution in [3.8, 4) is 0 Å². The van der Waals surface area contributed by atoms with Gasteiger partial charge in [-0.3, -0.25) is 10.2 Å². The normalized spacial score (nSPS) is 25.1. The quantitative estimate of drug-likeness (QED) is 0.453. The molecule has 3 heteroatoms. The van der Waals surface area contributed by atoms with Crippen LogP contribution in [-0.4, -0.2) is 28.7 Å². The lowest BCUT2D eigenvalue weighted by Crippen LogP contribution is -2.33. The highest BCUT2D eigenvalue weighted by molar-refractivity contribution is 5.53. The third-order valence-corrected chi connectivity index (χ3v) is 3.92. The van der Waals surface area contributed by atoms with Crippen LogP contribution in [0, 0.1) is 0 Å². The molecule has 2 fully saturated rings. The summed E-state index contributed by atoms with van der Waals surface area (Å²) in [6.07, 6.45) is 14.1. The Labute approximate surface area is 98.5 Å². The Kier molecular flexibility index (Phi) is 4.64. The smallest absolute Gasteiger partial charge is 0.110 e. The van der Waals surface area contributed by atoms with Gasteiger partial charge in [-0.2, -0.15) is 0 Å². The molecule has 3 nitrogen and oxygen atoms in total. The summed E-state index contributed by atoms with van der Waals surface area (Å²) >= 11 is 0. The summed E-state index contributed by atoms with van der Waals surface area (Å²) in [6, 6.07) is 0.785. The van der Waals surface area contributed by atoms with Crippen LogP contribution in [0.1, 0.15) is 64.2 Å². The van der Waals surface area contributed by atoms with Gasteiger partial charge in [0.1, 0.15) is 6.34 Å². The lowest BCUT2D eigenvalue weighted by Gasteiger charge is -2.28. The zero-order valence-electron chi connectivity index (χ0n) is 10.1. The minimum absolute atomic E-state index is 0.320. The molecule has 0 atom stereocenters. The molecule has 0 spiro atoms. The molecule has 0 aliphatic heterocycles. The predicted octanol–water partition coefficient (Wildman–Crippen LogP) is 3.37. The second-order valence-corrected chi connectivity index (χ2v) is 5.23. The maximum atomic E-state index is 9.89. The second-order valence-electron chi connectivity index (χ2n) is 5.23. The van der Waals surface area contributed by atoms with Gasteiger partial charge < -0.3 is 0 Å². The maximum Gasteiger partial charge on any atom is 0.110 e. The minimum atomic E-state index is 0.320. The molecule has 0 aromatic carbocycles. The zero-order valence-corrected chi connectivity index (χ0v) is 10.1. The maximum absolute atomic E-state index is 9.89. The number of aliphatic imine (C=N–C) groups is 1. The molecule has 16 heavy (non-hydrogen) atoms. The number of rotatable bonds is 3. The molecule has 2 rings (SSSR count). The van der Waals surface area contributed by atoms with Gasteiger partial charge in [-0.1, -0.05) is 38.5 Å². The van der Waals surface area contributed by atoms with E-state index in [1.54, 1.807) is 6.34 Å². The Bertz CT molecular complexity index is 218. The van der Waals surface area contributed by atoms with E-state index in [4.69, 9.17) is 0 Å². The first kappa shape index (κ1) is 11.9. The largest absolute Gasteiger partial charge is 0.287 e. The Morgan fingerprint density at radius 1 is 0.875 bits per heavy atom. The van der Waals surface area contributed by atoms with Crippen LogP contribution in [0.15, 0.2) is 4.99 Å². The highest BCUT2D eigenvalue weighted by atomic mass is 16.5. The van der Waals surface area contributed by atoms with Crippen LogP contribution in [0.4, 0.5) is 0 Å². The molecule has 0 aromatic heterocycles. The van der Waals surface area contributed by atoms with Crippen molar-refractivity contribution in [2.45, 2.75) is 76.3 Å². The van der Waals surface area contributed by atoms with Gasteiger partial charge in [-0.05, 0) is 25.7 Å². The van der Waals surface area contributed by atoms with Crippen molar-refractivity contribution < 1.29 is 5.21 Å². The zero-order chi connectivity index (χ0) is 11.2. The van der Waals surface area contributed by atoms with Crippen molar-refractivity contribution in [2.24, 2.45) is 4.99 Å². The summed E-state index contributed by atoms with van der Waals surface area (Å²) in [4.78, 5) is 4.51. The topological polar surface area (TPSA) is 35.8 Å². The summed E-state index contributed by atoms with van der Waals surface area (Å²) in [5.41, 5.74) is 0. The van der Waals surface area contributed by atoms with Crippen molar-refractivity contribution in [1.29, 1.82) is 0 Å². The molecule has 0 unspecified atom stereocenters. The first-order valence-corrected chi connectivity index (χ1v) is 6.87. The Hall–Kier alpha value is -0.570. The summed E-state index contributed by atoms with van der Waals surface area (Å²) < 4.78 is 0. The van der Waals surface area contributed by atoms with Crippen LogP contribution in [0.2, 0.25) is 0 Å². The van der Waals surface area contributed by atoms with Gasteiger partial charge in [0.25, 0.3) is 0 Å². The summed E-state index contributed by atoms with van der Waals surface area (Å²) in [7, 11) is 0. The highest BCUT2D eigenvalue weighted by Crippen LogP contribution is 2.22. The molecule has 2 aliphatic carbocycles. The molecule has 0 radical (unpaired) electrons. The second kappa shape index (κ2) is 6.24. The van der Waals surface area contributed by atoms with Crippen molar-refractivity contribution >= 4 is 6.34 Å². The van der Waals surface area contributed by atoms with Gasteiger partial charge in [0.15, 0.2) is 0 Å². The fourth-order valence-electron chi connectivity index (χ4n) is 2.83. The highest BCUT2D eigenvalue weighted by Gasteiger charge is 2.18. The fourth-order valence-corrected chi connectivity index (χ4v) is 2.83. The van der Waals surface area contributed by atoms with E-state index in [2.05, 4.69) is 4.99 Å². The van der Waals surface area contributed by atoms with E-state index in [1.807, 2.05) is 0 Å². The van der Waals surface area contributed by atoms with Gasteiger partial charge in [0.2, 0.25) is 0 Å². The standard InChI is InChI=1S/C13H24N2O/c16-15(13-9-5-2-6-10-13)11-14-12-7-3-1-4-8-12/h11-13,16H,1-10H2. The van der Waals surface area contributed by atoms with Crippen LogP contribution in [0.3, 0.4) is 0 Å². The monoisotopic (exact) mass is 224 g/mol. The molecule has 0 aromatic rings. The summed E-state index contributed by atoms with van der Waals surface area (Å²) in [5, 5.41) is 11.3. The van der Waals surface area contributed by atoms with E-state index in [1.165, 1.54) is 56.4 Å². The van der Waals surface area contributed by atoms with Gasteiger partial charge >= 0.3 is 0 Å². The average molecular weight is 224 g/mol. The van der Waals surface area contributed by atoms with E-state index in [-0.39, 0.29) is 0 Å².